The Morgan fingerprint density at radius 1 is 1.06 bits per heavy atom. The number of nitrogens with zero attached hydrogens (tertiary/aromatic N) is 4. The molecule has 0 amide bonds. The van der Waals surface area contributed by atoms with Crippen molar-refractivity contribution in [3.05, 3.63) is 69.4 Å². The largest absolute Gasteiger partial charge is 0.465 e. The number of methoxy groups -OCH3 is 1. The van der Waals surface area contributed by atoms with E-state index in [2.05, 4.69) is 24.5 Å². The number of carbonyl (C=O) groups is 1. The lowest BCUT2D eigenvalue weighted by atomic mass is 10.2. The molecule has 0 aliphatic rings. The zero-order valence-electron chi connectivity index (χ0n) is 19.7. The summed E-state index contributed by atoms with van der Waals surface area (Å²) in [5.41, 5.74) is 3.28. The predicted octanol–water partition coefficient (Wildman–Crippen LogP) is 4.34. The lowest BCUT2D eigenvalue weighted by molar-refractivity contribution is 0.0602. The van der Waals surface area contributed by atoms with Crippen LogP contribution in [0, 0.1) is 27.7 Å². The molecular formula is C23H23N5O5S2. The van der Waals surface area contributed by atoms with Crippen molar-refractivity contribution in [1.29, 1.82) is 0 Å². The molecule has 0 aliphatic carbocycles. The van der Waals surface area contributed by atoms with Gasteiger partial charge < -0.3 is 9.47 Å². The van der Waals surface area contributed by atoms with Gasteiger partial charge in [0, 0.05) is 17.4 Å². The molecule has 1 N–H and O–H groups in total. The molecule has 0 bridgehead atoms. The number of carbonyl (C=O) groups excluding carboxylic acids is 1. The highest BCUT2D eigenvalue weighted by Gasteiger charge is 2.24. The molecule has 3 heterocycles. The summed E-state index contributed by atoms with van der Waals surface area (Å²) in [5, 5.41) is 6.05. The highest BCUT2D eigenvalue weighted by atomic mass is 32.2. The first-order valence-electron chi connectivity index (χ1n) is 10.4. The monoisotopic (exact) mass is 513 g/mol. The van der Waals surface area contributed by atoms with E-state index in [1.165, 1.54) is 18.6 Å². The van der Waals surface area contributed by atoms with Crippen LogP contribution in [0.4, 0.5) is 5.69 Å². The number of hydrogen-bond acceptors (Lipinski definition) is 9. The molecule has 0 aliphatic heterocycles. The van der Waals surface area contributed by atoms with Gasteiger partial charge in [-0.05, 0) is 69.0 Å². The number of ether oxygens (including phenoxy) is 2. The number of rotatable bonds is 7. The van der Waals surface area contributed by atoms with Crippen molar-refractivity contribution in [2.75, 3.05) is 11.8 Å². The van der Waals surface area contributed by atoms with E-state index in [4.69, 9.17) is 4.74 Å². The topological polar surface area (TPSA) is 125 Å². The van der Waals surface area contributed by atoms with Gasteiger partial charge in [-0.15, -0.1) is 11.3 Å². The van der Waals surface area contributed by atoms with Crippen LogP contribution in [0.5, 0.6) is 11.6 Å². The normalized spacial score (nSPS) is 11.3. The summed E-state index contributed by atoms with van der Waals surface area (Å²) in [6.07, 6.45) is 0. The van der Waals surface area contributed by atoms with Crippen LogP contribution in [0.3, 0.4) is 0 Å². The van der Waals surface area contributed by atoms with Crippen LogP contribution in [0.25, 0.3) is 5.82 Å². The van der Waals surface area contributed by atoms with Crippen LogP contribution in [-0.2, 0) is 14.8 Å². The zero-order valence-corrected chi connectivity index (χ0v) is 21.3. The maximum Gasteiger partial charge on any atom is 0.349 e. The minimum Gasteiger partial charge on any atom is -0.465 e. The van der Waals surface area contributed by atoms with Gasteiger partial charge in [0.25, 0.3) is 10.0 Å². The van der Waals surface area contributed by atoms with E-state index in [1.807, 2.05) is 20.8 Å². The highest BCUT2D eigenvalue weighted by Crippen LogP contribution is 2.27. The van der Waals surface area contributed by atoms with Crippen molar-refractivity contribution in [1.82, 2.24) is 19.7 Å². The summed E-state index contributed by atoms with van der Waals surface area (Å²) >= 11 is 0.995. The fraction of sp³-hybridized carbons (Fsp3) is 0.217. The van der Waals surface area contributed by atoms with Crippen LogP contribution >= 0.6 is 11.3 Å². The van der Waals surface area contributed by atoms with Crippen LogP contribution in [-0.4, -0.2) is 41.2 Å². The van der Waals surface area contributed by atoms with E-state index in [9.17, 15) is 13.2 Å². The number of anilines is 1. The molecule has 182 valence electrons. The van der Waals surface area contributed by atoms with Crippen LogP contribution in [0.2, 0.25) is 0 Å². The highest BCUT2D eigenvalue weighted by molar-refractivity contribution is 7.93. The molecule has 1 aromatic carbocycles. The maximum atomic E-state index is 12.8. The molecule has 3 aromatic heterocycles. The average Bonchev–Trinajstić information content (AvgIpc) is 3.41. The molecule has 0 spiro atoms. The molecule has 10 nitrogen and oxygen atoms in total. The quantitative estimate of drug-likeness (QED) is 0.362. The third-order valence-electron chi connectivity index (χ3n) is 5.29. The molecule has 0 atom stereocenters. The minimum atomic E-state index is -3.99. The molecular weight excluding hydrogens is 490 g/mol. The first-order valence-corrected chi connectivity index (χ1v) is 12.8. The Bertz CT molecular complexity index is 1510. The maximum absolute atomic E-state index is 12.8. The lowest BCUT2D eigenvalue weighted by Gasteiger charge is -2.11. The molecule has 4 aromatic rings. The fourth-order valence-corrected chi connectivity index (χ4v) is 5.70. The van der Waals surface area contributed by atoms with E-state index < -0.39 is 16.0 Å². The fourth-order valence-electron chi connectivity index (χ4n) is 3.30. The second-order valence-electron chi connectivity index (χ2n) is 7.66. The van der Waals surface area contributed by atoms with Gasteiger partial charge in [-0.3, -0.25) is 4.72 Å². The predicted molar refractivity (Wildman–Crippen MR) is 131 cm³/mol. The number of hydrogen-bond donors (Lipinski definition) is 1. The van der Waals surface area contributed by atoms with Gasteiger partial charge in [0.1, 0.15) is 21.3 Å². The smallest absolute Gasteiger partial charge is 0.349 e. The summed E-state index contributed by atoms with van der Waals surface area (Å²) in [6.45, 7) is 7.68. The summed E-state index contributed by atoms with van der Waals surface area (Å²) in [7, 11) is -2.79. The van der Waals surface area contributed by atoms with E-state index in [0.29, 0.717) is 29.0 Å². The Morgan fingerprint density at radius 3 is 2.40 bits per heavy atom. The van der Waals surface area contributed by atoms with Crippen LogP contribution < -0.4 is 9.46 Å². The van der Waals surface area contributed by atoms with Gasteiger partial charge >= 0.3 is 5.97 Å². The van der Waals surface area contributed by atoms with Crippen molar-refractivity contribution in [2.24, 2.45) is 0 Å². The standard InChI is InChI=1S/C23H23N5O5S2/c1-13-14(2)26-28(15(13)3)20-12-21(25-16(4)24-20)33-18-8-6-17(7-9-18)27-35(30,31)19-10-11-34-22(19)23(29)32-5/h6-12,27H,1-5H3. The van der Waals surface area contributed by atoms with Gasteiger partial charge in [-0.1, -0.05) is 0 Å². The molecule has 0 saturated heterocycles. The van der Waals surface area contributed by atoms with Gasteiger partial charge in [-0.25, -0.2) is 22.9 Å². The Hall–Kier alpha value is -3.77. The number of aromatic nitrogens is 4. The molecule has 4 rings (SSSR count). The average molecular weight is 514 g/mol. The molecule has 0 radical (unpaired) electrons. The van der Waals surface area contributed by atoms with E-state index in [-0.39, 0.29) is 9.77 Å². The Labute approximate surface area is 206 Å². The molecule has 0 saturated carbocycles. The van der Waals surface area contributed by atoms with Crippen molar-refractivity contribution in [3.63, 3.8) is 0 Å². The zero-order chi connectivity index (χ0) is 25.3. The van der Waals surface area contributed by atoms with Crippen molar-refractivity contribution in [2.45, 2.75) is 32.6 Å². The number of nitrogens with one attached hydrogen (secondary N) is 1. The van der Waals surface area contributed by atoms with E-state index >= 15 is 0 Å². The molecule has 35 heavy (non-hydrogen) atoms. The third-order valence-corrected chi connectivity index (χ3v) is 7.74. The summed E-state index contributed by atoms with van der Waals surface area (Å²) in [5.74, 6) is 1.17. The van der Waals surface area contributed by atoms with Crippen molar-refractivity contribution >= 4 is 33.0 Å². The Balaban J connectivity index is 1.53. The summed E-state index contributed by atoms with van der Waals surface area (Å²) < 4.78 is 40.3. The van der Waals surface area contributed by atoms with Gasteiger partial charge in [0.2, 0.25) is 5.88 Å². The molecule has 0 fully saturated rings. The first-order chi connectivity index (χ1) is 16.6. The van der Waals surface area contributed by atoms with Crippen LogP contribution in [0.15, 0.2) is 46.7 Å². The minimum absolute atomic E-state index is 0.00713. The molecule has 12 heteroatoms. The third kappa shape index (κ3) is 5.03. The van der Waals surface area contributed by atoms with Gasteiger partial charge in [0.15, 0.2) is 5.82 Å². The SMILES string of the molecule is COC(=O)c1sccc1S(=O)(=O)Nc1ccc(Oc2cc(-n3nc(C)c(C)c3C)nc(C)n2)cc1. The Morgan fingerprint density at radius 2 is 1.77 bits per heavy atom. The van der Waals surface area contributed by atoms with E-state index in [0.717, 1.165) is 28.3 Å². The lowest BCUT2D eigenvalue weighted by Crippen LogP contribution is -2.15. The van der Waals surface area contributed by atoms with Crippen molar-refractivity contribution in [3.8, 4) is 17.4 Å². The number of sulfonamides is 1. The Kier molecular flexibility index (Phi) is 6.59. The number of thiophene rings is 1. The number of aryl methyl sites for hydroxylation is 2. The second kappa shape index (κ2) is 9.47. The number of esters is 1. The van der Waals surface area contributed by atoms with Gasteiger partial charge in [0.05, 0.1) is 12.8 Å². The van der Waals surface area contributed by atoms with Crippen molar-refractivity contribution < 1.29 is 22.7 Å². The van der Waals surface area contributed by atoms with E-state index in [1.54, 1.807) is 41.9 Å². The summed E-state index contributed by atoms with van der Waals surface area (Å²) in [4.78, 5) is 20.5. The van der Waals surface area contributed by atoms with Gasteiger partial charge in [-0.2, -0.15) is 10.1 Å². The first kappa shape index (κ1) is 24.4. The second-order valence-corrected chi connectivity index (χ2v) is 10.2. The van der Waals surface area contributed by atoms with Crippen LogP contribution in [0.1, 0.15) is 32.4 Å². The number of benzene rings is 1. The summed E-state index contributed by atoms with van der Waals surface area (Å²) in [6, 6.07) is 9.37. The molecule has 0 unspecified atom stereocenters.